The first kappa shape index (κ1) is 22.3. The third kappa shape index (κ3) is 4.47. The Balaban J connectivity index is 1.72. The summed E-state index contributed by atoms with van der Waals surface area (Å²) in [5.41, 5.74) is 4.07. The molecule has 0 bridgehead atoms. The maximum absolute atomic E-state index is 13.1. The Morgan fingerprint density at radius 2 is 1.75 bits per heavy atom. The van der Waals surface area contributed by atoms with E-state index in [2.05, 4.69) is 36.3 Å². The molecule has 1 aliphatic carbocycles. The molecule has 2 aliphatic rings. The molecule has 5 heteroatoms. The van der Waals surface area contributed by atoms with E-state index < -0.39 is 0 Å². The predicted octanol–water partition coefficient (Wildman–Crippen LogP) is 5.94. The van der Waals surface area contributed by atoms with Crippen molar-refractivity contribution < 1.29 is 8.98 Å². The third-order valence-electron chi connectivity index (χ3n) is 6.33. The smallest absolute Gasteiger partial charge is 0.262 e. The molecule has 0 amide bonds. The highest BCUT2D eigenvalue weighted by molar-refractivity contribution is 5.93. The van der Waals surface area contributed by atoms with Crippen LogP contribution in [0.4, 0.5) is 5.69 Å². The summed E-state index contributed by atoms with van der Waals surface area (Å²) < 4.78 is 8.28. The average molecular weight is 433 g/mol. The summed E-state index contributed by atoms with van der Waals surface area (Å²) in [4.78, 5) is 20.2. The number of nitrogens with zero attached hydrogens (tertiary/aromatic N) is 3. The van der Waals surface area contributed by atoms with Crippen molar-refractivity contribution in [1.82, 2.24) is 4.98 Å². The second-order valence-corrected chi connectivity index (χ2v) is 8.49. The fraction of sp³-hybridized carbons (Fsp3) is 0.444. The second-order valence-electron chi connectivity index (χ2n) is 8.49. The minimum atomic E-state index is -0.0103. The van der Waals surface area contributed by atoms with E-state index in [0.29, 0.717) is 11.3 Å². The van der Waals surface area contributed by atoms with E-state index in [1.165, 1.54) is 32.1 Å². The normalized spacial score (nSPS) is 11.6. The second kappa shape index (κ2) is 10.1. The Kier molecular flexibility index (Phi) is 7.03. The van der Waals surface area contributed by atoms with Crippen LogP contribution < -0.4 is 14.9 Å². The number of fused-ring (bicyclic) bond motifs is 4. The fourth-order valence-corrected chi connectivity index (χ4v) is 4.55. The Hall–Kier alpha value is -2.95. The van der Waals surface area contributed by atoms with Crippen molar-refractivity contribution in [2.75, 3.05) is 18.0 Å². The van der Waals surface area contributed by atoms with E-state index >= 15 is 0 Å². The number of aryl methyl sites for hydroxylation is 1. The largest absolute Gasteiger partial charge is 0.453 e. The molecule has 0 radical (unpaired) electrons. The highest BCUT2D eigenvalue weighted by Gasteiger charge is 2.22. The molecule has 0 spiro atoms. The monoisotopic (exact) mass is 432 g/mol. The van der Waals surface area contributed by atoms with Gasteiger partial charge in [0.2, 0.25) is 0 Å². The number of hydrogen-bond donors (Lipinski definition) is 0. The van der Waals surface area contributed by atoms with Crippen molar-refractivity contribution in [3.63, 3.8) is 0 Å². The highest BCUT2D eigenvalue weighted by Crippen LogP contribution is 2.31. The quantitative estimate of drug-likeness (QED) is 0.135. The number of anilines is 1. The number of unbranched alkanes of at least 4 members (excludes halogenated alkanes) is 5. The SMILES string of the molecule is CCCCCCCC[n+]1cccc2c3nc4ccc(N(CC)CC)cc4oc-3cc(=O)c21. The van der Waals surface area contributed by atoms with Crippen molar-refractivity contribution >= 4 is 27.7 Å². The van der Waals surface area contributed by atoms with Gasteiger partial charge in [-0.05, 0) is 38.5 Å². The first-order valence-electron chi connectivity index (χ1n) is 12.1. The first-order chi connectivity index (χ1) is 15.7. The van der Waals surface area contributed by atoms with Gasteiger partial charge in [-0.15, -0.1) is 0 Å². The van der Waals surface area contributed by atoms with E-state index in [1.807, 2.05) is 30.5 Å². The molecule has 0 atom stereocenters. The molecule has 0 N–H and O–H groups in total. The van der Waals surface area contributed by atoms with Crippen LogP contribution in [0.5, 0.6) is 0 Å². The predicted molar refractivity (Wildman–Crippen MR) is 132 cm³/mol. The van der Waals surface area contributed by atoms with E-state index in [1.54, 1.807) is 6.07 Å². The zero-order valence-electron chi connectivity index (χ0n) is 19.6. The van der Waals surface area contributed by atoms with Crippen molar-refractivity contribution in [3.8, 4) is 11.5 Å². The van der Waals surface area contributed by atoms with Gasteiger partial charge in [-0.25, -0.2) is 4.98 Å². The van der Waals surface area contributed by atoms with Crippen LogP contribution in [0.3, 0.4) is 0 Å². The third-order valence-corrected chi connectivity index (χ3v) is 6.33. The summed E-state index contributed by atoms with van der Waals surface area (Å²) in [5, 5.41) is 0.861. The van der Waals surface area contributed by atoms with Gasteiger partial charge in [0.05, 0.1) is 5.39 Å². The van der Waals surface area contributed by atoms with Gasteiger partial charge in [0.25, 0.3) is 10.9 Å². The average Bonchev–Trinajstić information content (AvgIpc) is 2.81. The van der Waals surface area contributed by atoms with Crippen LogP contribution >= 0.6 is 0 Å². The van der Waals surface area contributed by atoms with E-state index in [0.717, 1.165) is 53.9 Å². The molecule has 0 saturated carbocycles. The topological polar surface area (TPSA) is 50.2 Å². The zero-order chi connectivity index (χ0) is 22.5. The molecule has 1 aliphatic heterocycles. The lowest BCUT2D eigenvalue weighted by atomic mass is 10.1. The molecule has 32 heavy (non-hydrogen) atoms. The van der Waals surface area contributed by atoms with Crippen LogP contribution in [0.25, 0.3) is 33.5 Å². The standard InChI is InChI=1S/C27H34N3O2/c1-4-7-8-9-10-11-16-30-17-12-13-21-26-25(19-23(31)27(21)30)32-24-18-20(29(5-2)6-3)14-15-22(24)28-26/h12-15,17-19H,4-11,16H2,1-3H3/q+1. The Labute approximate surface area is 190 Å². The van der Waals surface area contributed by atoms with Gasteiger partial charge in [0.15, 0.2) is 17.5 Å². The first-order valence-corrected chi connectivity index (χ1v) is 12.1. The lowest BCUT2D eigenvalue weighted by Crippen LogP contribution is -2.38. The van der Waals surface area contributed by atoms with Crippen LogP contribution in [0.15, 0.2) is 51.8 Å². The van der Waals surface area contributed by atoms with Gasteiger partial charge < -0.3 is 9.32 Å². The van der Waals surface area contributed by atoms with Crippen LogP contribution in [0, 0.1) is 0 Å². The minimum Gasteiger partial charge on any atom is -0.453 e. The van der Waals surface area contributed by atoms with Gasteiger partial charge >= 0.3 is 0 Å². The molecule has 0 fully saturated rings. The minimum absolute atomic E-state index is 0.0103. The maximum Gasteiger partial charge on any atom is 0.262 e. The molecule has 1 aromatic carbocycles. The molecule has 2 aromatic rings. The molecular weight excluding hydrogens is 398 g/mol. The summed E-state index contributed by atoms with van der Waals surface area (Å²) in [5.74, 6) is 0.545. The summed E-state index contributed by atoms with van der Waals surface area (Å²) in [6, 6.07) is 11.7. The van der Waals surface area contributed by atoms with Crippen molar-refractivity contribution in [2.45, 2.75) is 65.8 Å². The number of hydrogen-bond acceptors (Lipinski definition) is 4. The highest BCUT2D eigenvalue weighted by atomic mass is 16.3. The number of aromatic nitrogens is 2. The summed E-state index contributed by atoms with van der Waals surface area (Å²) in [7, 11) is 0. The van der Waals surface area contributed by atoms with E-state index in [-0.39, 0.29) is 5.43 Å². The Morgan fingerprint density at radius 1 is 0.969 bits per heavy atom. The summed E-state index contributed by atoms with van der Waals surface area (Å²) >= 11 is 0. The number of benzene rings is 2. The Bertz CT molecular complexity index is 1230. The fourth-order valence-electron chi connectivity index (χ4n) is 4.55. The summed E-state index contributed by atoms with van der Waals surface area (Å²) in [6.07, 6.45) is 9.39. The molecule has 5 nitrogen and oxygen atoms in total. The van der Waals surface area contributed by atoms with Crippen molar-refractivity contribution in [1.29, 1.82) is 0 Å². The molecule has 168 valence electrons. The molecule has 4 rings (SSSR count). The molecule has 2 heterocycles. The summed E-state index contributed by atoms with van der Waals surface area (Å²) in [6.45, 7) is 9.22. The van der Waals surface area contributed by atoms with Crippen LogP contribution in [-0.2, 0) is 6.54 Å². The van der Waals surface area contributed by atoms with Crippen LogP contribution in [-0.4, -0.2) is 18.1 Å². The van der Waals surface area contributed by atoms with Gasteiger partial charge in [-0.3, -0.25) is 4.79 Å². The van der Waals surface area contributed by atoms with Crippen molar-refractivity contribution in [3.05, 3.63) is 52.8 Å². The molecular formula is C27H34N3O2+. The molecule has 1 aromatic heterocycles. The van der Waals surface area contributed by atoms with Crippen LogP contribution in [0.1, 0.15) is 59.3 Å². The van der Waals surface area contributed by atoms with Crippen LogP contribution in [0.2, 0.25) is 0 Å². The van der Waals surface area contributed by atoms with E-state index in [9.17, 15) is 4.79 Å². The van der Waals surface area contributed by atoms with E-state index in [4.69, 9.17) is 9.40 Å². The molecule has 0 saturated heterocycles. The number of rotatable bonds is 10. The lowest BCUT2D eigenvalue weighted by molar-refractivity contribution is -0.672. The van der Waals surface area contributed by atoms with Gasteiger partial charge in [0, 0.05) is 43.4 Å². The van der Waals surface area contributed by atoms with Gasteiger partial charge in [-0.2, -0.15) is 4.57 Å². The van der Waals surface area contributed by atoms with Gasteiger partial charge in [0.1, 0.15) is 17.8 Å². The van der Waals surface area contributed by atoms with Crippen molar-refractivity contribution in [2.24, 2.45) is 0 Å². The maximum atomic E-state index is 13.1. The number of pyridine rings is 1. The zero-order valence-corrected chi connectivity index (χ0v) is 19.6. The van der Waals surface area contributed by atoms with Gasteiger partial charge in [-0.1, -0.05) is 32.6 Å². The Morgan fingerprint density at radius 3 is 2.53 bits per heavy atom. The lowest BCUT2D eigenvalue weighted by Gasteiger charge is -2.21. The molecule has 0 unspecified atom stereocenters.